The van der Waals surface area contributed by atoms with E-state index in [9.17, 15) is 0 Å². The maximum absolute atomic E-state index is 4.97. The van der Waals surface area contributed by atoms with Gasteiger partial charge in [-0.2, -0.15) is 0 Å². The van der Waals surface area contributed by atoms with E-state index < -0.39 is 0 Å². The van der Waals surface area contributed by atoms with E-state index in [2.05, 4.69) is 70.6 Å². The van der Waals surface area contributed by atoms with Crippen LogP contribution in [0.1, 0.15) is 0 Å². The maximum Gasteiger partial charge on any atom is 0.164 e. The molecule has 0 radical (unpaired) electrons. The molecular weight excluding hydrogens is 589 g/mol. The number of aromatic nitrogens is 6. The molecule has 0 saturated heterocycles. The third-order valence-electron chi connectivity index (χ3n) is 8.17. The van der Waals surface area contributed by atoms with E-state index in [4.69, 9.17) is 19.9 Å². The lowest BCUT2D eigenvalue weighted by atomic mass is 9.97. The van der Waals surface area contributed by atoms with Gasteiger partial charge in [-0.3, -0.25) is 9.97 Å². The van der Waals surface area contributed by atoms with Crippen molar-refractivity contribution in [1.82, 2.24) is 29.9 Å². The minimum atomic E-state index is 0.636. The molecule has 0 unspecified atom stereocenters. The summed E-state index contributed by atoms with van der Waals surface area (Å²) in [6, 6.07) is 49.3. The lowest BCUT2D eigenvalue weighted by Gasteiger charge is -2.11. The van der Waals surface area contributed by atoms with E-state index in [0.29, 0.717) is 17.5 Å². The van der Waals surface area contributed by atoms with Crippen LogP contribution in [0.4, 0.5) is 0 Å². The average Bonchev–Trinajstić information content (AvgIpc) is 3.19. The van der Waals surface area contributed by atoms with Crippen molar-refractivity contribution < 1.29 is 0 Å². The van der Waals surface area contributed by atoms with Crippen molar-refractivity contribution in [3.8, 4) is 78.9 Å². The van der Waals surface area contributed by atoms with Crippen molar-refractivity contribution in [1.29, 1.82) is 0 Å². The minimum Gasteiger partial charge on any atom is -0.265 e. The molecule has 226 valence electrons. The molecule has 0 N–H and O–H groups in total. The van der Waals surface area contributed by atoms with Gasteiger partial charge in [-0.1, -0.05) is 109 Å². The molecule has 48 heavy (non-hydrogen) atoms. The topological polar surface area (TPSA) is 77.3 Å². The quantitative estimate of drug-likeness (QED) is 0.177. The summed E-state index contributed by atoms with van der Waals surface area (Å²) in [5, 5.41) is 0. The Morgan fingerprint density at radius 2 is 0.583 bits per heavy atom. The minimum absolute atomic E-state index is 0.636. The Morgan fingerprint density at radius 1 is 0.250 bits per heavy atom. The molecule has 4 heterocycles. The first-order valence-corrected chi connectivity index (χ1v) is 15.7. The molecule has 8 rings (SSSR count). The Morgan fingerprint density at radius 3 is 0.979 bits per heavy atom. The zero-order chi connectivity index (χ0) is 32.1. The first kappa shape index (κ1) is 28.8. The number of nitrogens with zero attached hydrogens (tertiary/aromatic N) is 6. The molecule has 0 aliphatic rings. The molecule has 6 heteroatoms. The standard InChI is InChI=1S/C42H28N6/c1-3-7-34(8-4-1)40-46-41(35-9-5-2-6-10-35)48-42(47-40)36-17-15-30(16-18-36)29-11-13-31(14-12-29)37-27-38(32-19-23-43-24-20-32)45-39(28-37)33-21-25-44-26-22-33/h1-28H. The first-order chi connectivity index (χ1) is 23.8. The summed E-state index contributed by atoms with van der Waals surface area (Å²) in [7, 11) is 0. The summed E-state index contributed by atoms with van der Waals surface area (Å²) in [5.74, 6) is 1.93. The number of rotatable bonds is 7. The third kappa shape index (κ3) is 6.10. The molecule has 6 nitrogen and oxygen atoms in total. The van der Waals surface area contributed by atoms with Gasteiger partial charge in [0.25, 0.3) is 0 Å². The fourth-order valence-electron chi connectivity index (χ4n) is 5.64. The van der Waals surface area contributed by atoms with Gasteiger partial charge in [0.05, 0.1) is 11.4 Å². The highest BCUT2D eigenvalue weighted by atomic mass is 15.0. The maximum atomic E-state index is 4.97. The molecule has 0 amide bonds. The van der Waals surface area contributed by atoms with Crippen LogP contribution < -0.4 is 0 Å². The van der Waals surface area contributed by atoms with E-state index in [0.717, 1.165) is 61.5 Å². The molecular formula is C42H28N6. The second kappa shape index (κ2) is 13.0. The lowest BCUT2D eigenvalue weighted by Crippen LogP contribution is -2.00. The van der Waals surface area contributed by atoms with Crippen LogP contribution in [0.5, 0.6) is 0 Å². The van der Waals surface area contributed by atoms with Gasteiger partial charge in [0, 0.05) is 52.6 Å². The zero-order valence-electron chi connectivity index (χ0n) is 25.8. The van der Waals surface area contributed by atoms with Gasteiger partial charge in [0.1, 0.15) is 0 Å². The Balaban J connectivity index is 1.11. The normalized spacial score (nSPS) is 10.9. The highest BCUT2D eigenvalue weighted by Gasteiger charge is 2.13. The largest absolute Gasteiger partial charge is 0.265 e. The average molecular weight is 617 g/mol. The smallest absolute Gasteiger partial charge is 0.164 e. The van der Waals surface area contributed by atoms with Gasteiger partial charge >= 0.3 is 0 Å². The highest BCUT2D eigenvalue weighted by molar-refractivity contribution is 5.78. The molecule has 4 aromatic heterocycles. The summed E-state index contributed by atoms with van der Waals surface area (Å²) < 4.78 is 0. The van der Waals surface area contributed by atoms with Gasteiger partial charge in [-0.15, -0.1) is 0 Å². The van der Waals surface area contributed by atoms with E-state index in [1.165, 1.54) is 0 Å². The zero-order valence-corrected chi connectivity index (χ0v) is 25.8. The van der Waals surface area contributed by atoms with Gasteiger partial charge in [0.15, 0.2) is 17.5 Å². The predicted molar refractivity (Wildman–Crippen MR) is 191 cm³/mol. The first-order valence-electron chi connectivity index (χ1n) is 15.7. The second-order valence-electron chi connectivity index (χ2n) is 11.3. The van der Waals surface area contributed by atoms with Crippen LogP contribution in [0.25, 0.3) is 78.9 Å². The van der Waals surface area contributed by atoms with Gasteiger partial charge < -0.3 is 0 Å². The summed E-state index contributed by atoms with van der Waals surface area (Å²) >= 11 is 0. The molecule has 0 atom stereocenters. The van der Waals surface area contributed by atoms with Gasteiger partial charge in [0.2, 0.25) is 0 Å². The van der Waals surface area contributed by atoms with Crippen molar-refractivity contribution in [2.24, 2.45) is 0 Å². The van der Waals surface area contributed by atoms with Crippen molar-refractivity contribution in [3.05, 3.63) is 170 Å². The van der Waals surface area contributed by atoms with Crippen LogP contribution in [-0.4, -0.2) is 29.9 Å². The molecule has 0 saturated carbocycles. The predicted octanol–water partition coefficient (Wildman–Crippen LogP) is 9.73. The summed E-state index contributed by atoms with van der Waals surface area (Å²) in [5.41, 5.74) is 11.1. The SMILES string of the molecule is c1ccc(-c2nc(-c3ccccc3)nc(-c3ccc(-c4ccc(-c5cc(-c6ccncc6)nc(-c6ccncc6)c5)cc4)cc3)n2)cc1. The number of benzene rings is 4. The van der Waals surface area contributed by atoms with Gasteiger partial charge in [-0.25, -0.2) is 19.9 Å². The molecule has 0 aliphatic carbocycles. The van der Waals surface area contributed by atoms with Crippen LogP contribution in [0, 0.1) is 0 Å². The number of pyridine rings is 3. The Hall–Kier alpha value is -6.66. The monoisotopic (exact) mass is 616 g/mol. The highest BCUT2D eigenvalue weighted by Crippen LogP contribution is 2.32. The van der Waals surface area contributed by atoms with Crippen LogP contribution in [0.3, 0.4) is 0 Å². The summed E-state index contributed by atoms with van der Waals surface area (Å²) in [6.07, 6.45) is 7.17. The van der Waals surface area contributed by atoms with Crippen LogP contribution in [0.2, 0.25) is 0 Å². The Bertz CT molecular complexity index is 2010. The summed E-state index contributed by atoms with van der Waals surface area (Å²) in [6.45, 7) is 0. The van der Waals surface area contributed by atoms with Crippen LogP contribution >= 0.6 is 0 Å². The van der Waals surface area contributed by atoms with Crippen molar-refractivity contribution in [2.75, 3.05) is 0 Å². The van der Waals surface area contributed by atoms with E-state index in [1.807, 2.05) is 84.9 Å². The second-order valence-corrected chi connectivity index (χ2v) is 11.3. The number of hydrogen-bond donors (Lipinski definition) is 0. The Labute approximate surface area is 278 Å². The number of hydrogen-bond acceptors (Lipinski definition) is 6. The molecule has 0 aliphatic heterocycles. The fourth-order valence-corrected chi connectivity index (χ4v) is 5.64. The van der Waals surface area contributed by atoms with Crippen molar-refractivity contribution >= 4 is 0 Å². The lowest BCUT2D eigenvalue weighted by molar-refractivity contribution is 1.07. The molecule has 0 fully saturated rings. The molecule has 4 aromatic carbocycles. The Kier molecular flexibility index (Phi) is 7.79. The molecule has 0 bridgehead atoms. The van der Waals surface area contributed by atoms with Gasteiger partial charge in [-0.05, 0) is 58.7 Å². The van der Waals surface area contributed by atoms with Crippen LogP contribution in [-0.2, 0) is 0 Å². The van der Waals surface area contributed by atoms with Crippen molar-refractivity contribution in [3.63, 3.8) is 0 Å². The van der Waals surface area contributed by atoms with Crippen molar-refractivity contribution in [2.45, 2.75) is 0 Å². The molecule has 8 aromatic rings. The van der Waals surface area contributed by atoms with E-state index in [-0.39, 0.29) is 0 Å². The molecule has 0 spiro atoms. The van der Waals surface area contributed by atoms with E-state index in [1.54, 1.807) is 24.8 Å². The third-order valence-corrected chi connectivity index (χ3v) is 8.17. The van der Waals surface area contributed by atoms with Crippen LogP contribution in [0.15, 0.2) is 170 Å². The fraction of sp³-hybridized carbons (Fsp3) is 0. The van der Waals surface area contributed by atoms with E-state index >= 15 is 0 Å². The summed E-state index contributed by atoms with van der Waals surface area (Å²) in [4.78, 5) is 27.9.